The van der Waals surface area contributed by atoms with E-state index < -0.39 is 11.9 Å². The number of nitrogens with one attached hydrogen (secondary N) is 2. The third-order valence-electron chi connectivity index (χ3n) is 4.42. The fourth-order valence-electron chi connectivity index (χ4n) is 2.96. The van der Waals surface area contributed by atoms with Crippen molar-refractivity contribution < 1.29 is 19.1 Å². The van der Waals surface area contributed by atoms with Crippen LogP contribution in [-0.2, 0) is 9.47 Å². The van der Waals surface area contributed by atoms with Gasteiger partial charge in [0.1, 0.15) is 0 Å². The summed E-state index contributed by atoms with van der Waals surface area (Å²) in [4.78, 5) is 26.6. The van der Waals surface area contributed by atoms with Crippen LogP contribution in [0.3, 0.4) is 0 Å². The number of benzene rings is 2. The van der Waals surface area contributed by atoms with E-state index in [0.717, 1.165) is 5.69 Å². The number of ether oxygens (including phenoxy) is 2. The van der Waals surface area contributed by atoms with Gasteiger partial charge in [-0.1, -0.05) is 23.2 Å². The minimum absolute atomic E-state index is 0.0579. The van der Waals surface area contributed by atoms with Gasteiger partial charge in [-0.25, -0.2) is 4.79 Å². The number of rotatable bonds is 4. The minimum atomic E-state index is -0.480. The number of hydrogen-bond donors (Lipinski definition) is 2. The van der Waals surface area contributed by atoms with Crippen LogP contribution in [0.5, 0.6) is 0 Å². The van der Waals surface area contributed by atoms with Crippen molar-refractivity contribution in [1.29, 1.82) is 0 Å². The minimum Gasteiger partial charge on any atom is -0.465 e. The maximum absolute atomic E-state index is 12.5. The van der Waals surface area contributed by atoms with Crippen LogP contribution in [0.25, 0.3) is 0 Å². The summed E-state index contributed by atoms with van der Waals surface area (Å²) in [7, 11) is 1.31. The Morgan fingerprint density at radius 3 is 2.53 bits per heavy atom. The molecule has 7 nitrogen and oxygen atoms in total. The van der Waals surface area contributed by atoms with Gasteiger partial charge in [-0.05, 0) is 48.6 Å². The van der Waals surface area contributed by atoms with Gasteiger partial charge in [0.15, 0.2) is 5.11 Å². The summed E-state index contributed by atoms with van der Waals surface area (Å²) in [5, 5.41) is 6.28. The van der Waals surface area contributed by atoms with E-state index in [-0.39, 0.29) is 15.7 Å². The number of carbonyl (C=O) groups excluding carboxylic acids is 2. The molecule has 30 heavy (non-hydrogen) atoms. The molecule has 0 atom stereocenters. The fourth-order valence-corrected chi connectivity index (χ4v) is 3.66. The van der Waals surface area contributed by atoms with Crippen molar-refractivity contribution in [2.45, 2.75) is 0 Å². The van der Waals surface area contributed by atoms with Gasteiger partial charge in [0, 0.05) is 18.1 Å². The lowest BCUT2D eigenvalue weighted by molar-refractivity contribution is 0.0600. The van der Waals surface area contributed by atoms with Crippen molar-refractivity contribution in [2.75, 3.05) is 43.6 Å². The molecule has 1 aliphatic heterocycles. The maximum atomic E-state index is 12.5. The van der Waals surface area contributed by atoms with Crippen molar-refractivity contribution in [3.63, 3.8) is 0 Å². The third kappa shape index (κ3) is 5.40. The van der Waals surface area contributed by atoms with E-state index >= 15 is 0 Å². The van der Waals surface area contributed by atoms with Crippen molar-refractivity contribution in [3.05, 3.63) is 57.6 Å². The van der Waals surface area contributed by atoms with E-state index in [4.69, 9.17) is 44.9 Å². The smallest absolute Gasteiger partial charge is 0.337 e. The molecule has 0 radical (unpaired) electrons. The quantitative estimate of drug-likeness (QED) is 0.523. The standard InChI is InChI=1S/C20H19Cl2N3O4S/c1-28-19(27)12-2-5-17(25-6-8-29-9-7-25)16(10-12)23-20(30)24-18(26)14-4-3-13(21)11-15(14)22/h2-5,10-11H,6-9H2,1H3,(H2,23,24,26,30). The van der Waals surface area contributed by atoms with Crippen molar-refractivity contribution in [2.24, 2.45) is 0 Å². The fraction of sp³-hybridized carbons (Fsp3) is 0.250. The predicted molar refractivity (Wildman–Crippen MR) is 121 cm³/mol. The summed E-state index contributed by atoms with van der Waals surface area (Å²) < 4.78 is 10.2. The van der Waals surface area contributed by atoms with Crippen LogP contribution < -0.4 is 15.5 Å². The van der Waals surface area contributed by atoms with E-state index in [1.54, 1.807) is 24.3 Å². The number of carbonyl (C=O) groups is 2. The summed E-state index contributed by atoms with van der Waals surface area (Å²) in [5.74, 6) is -0.958. The zero-order valence-corrected chi connectivity index (χ0v) is 18.4. The molecular formula is C20H19Cl2N3O4S. The number of thiocarbonyl (C=S) groups is 1. The third-order valence-corrected chi connectivity index (χ3v) is 5.17. The Bertz CT molecular complexity index is 981. The molecule has 1 saturated heterocycles. The first kappa shape index (κ1) is 22.3. The molecular weight excluding hydrogens is 449 g/mol. The molecule has 10 heteroatoms. The molecule has 0 spiro atoms. The molecule has 1 aliphatic rings. The molecule has 0 aromatic heterocycles. The average molecular weight is 468 g/mol. The Morgan fingerprint density at radius 1 is 1.13 bits per heavy atom. The van der Waals surface area contributed by atoms with Crippen LogP contribution in [0, 0.1) is 0 Å². The maximum Gasteiger partial charge on any atom is 0.337 e. The molecule has 0 saturated carbocycles. The number of methoxy groups -OCH3 is 1. The second-order valence-corrected chi connectivity index (χ2v) is 7.61. The number of morpholine rings is 1. The largest absolute Gasteiger partial charge is 0.465 e. The highest BCUT2D eigenvalue weighted by atomic mass is 35.5. The van der Waals surface area contributed by atoms with Gasteiger partial charge in [0.25, 0.3) is 5.91 Å². The molecule has 1 heterocycles. The first-order valence-electron chi connectivity index (χ1n) is 9.01. The second kappa shape index (κ2) is 10.1. The monoisotopic (exact) mass is 467 g/mol. The molecule has 3 rings (SSSR count). The van der Waals surface area contributed by atoms with Gasteiger partial charge in [0.2, 0.25) is 0 Å². The molecule has 2 aromatic rings. The van der Waals surface area contributed by atoms with Gasteiger partial charge >= 0.3 is 5.97 Å². The zero-order valence-electron chi connectivity index (χ0n) is 16.0. The Hall–Kier alpha value is -2.39. The lowest BCUT2D eigenvalue weighted by Crippen LogP contribution is -2.38. The van der Waals surface area contributed by atoms with Gasteiger partial charge in [-0.2, -0.15) is 0 Å². The Balaban J connectivity index is 1.81. The number of nitrogens with zero attached hydrogens (tertiary/aromatic N) is 1. The molecule has 0 unspecified atom stereocenters. The molecule has 158 valence electrons. The van der Waals surface area contributed by atoms with Gasteiger partial charge in [0.05, 0.1) is 47.8 Å². The Kier molecular flexibility index (Phi) is 7.49. The van der Waals surface area contributed by atoms with Crippen LogP contribution >= 0.6 is 35.4 Å². The summed E-state index contributed by atoms with van der Waals surface area (Å²) >= 11 is 17.3. The van der Waals surface area contributed by atoms with E-state index in [2.05, 4.69) is 15.5 Å². The van der Waals surface area contributed by atoms with Crippen molar-refractivity contribution in [1.82, 2.24) is 5.32 Å². The summed E-state index contributed by atoms with van der Waals surface area (Å²) in [5.41, 5.74) is 1.98. The first-order valence-corrected chi connectivity index (χ1v) is 10.2. The van der Waals surface area contributed by atoms with Gasteiger partial charge < -0.3 is 19.7 Å². The van der Waals surface area contributed by atoms with Crippen LogP contribution in [-0.4, -0.2) is 50.4 Å². The summed E-state index contributed by atoms with van der Waals surface area (Å²) in [6.45, 7) is 2.56. The molecule has 0 bridgehead atoms. The molecule has 1 amide bonds. The molecule has 2 aromatic carbocycles. The van der Waals surface area contributed by atoms with Gasteiger partial charge in [-0.3, -0.25) is 10.1 Å². The summed E-state index contributed by atoms with van der Waals surface area (Å²) in [6.07, 6.45) is 0. The molecule has 1 fully saturated rings. The highest BCUT2D eigenvalue weighted by Gasteiger charge is 2.19. The second-order valence-electron chi connectivity index (χ2n) is 6.36. The highest BCUT2D eigenvalue weighted by molar-refractivity contribution is 7.80. The first-order chi connectivity index (χ1) is 14.4. The summed E-state index contributed by atoms with van der Waals surface area (Å²) in [6, 6.07) is 9.67. The molecule has 0 aliphatic carbocycles. The number of anilines is 2. The van der Waals surface area contributed by atoms with Crippen LogP contribution in [0.4, 0.5) is 11.4 Å². The van der Waals surface area contributed by atoms with Crippen molar-refractivity contribution in [3.8, 4) is 0 Å². The lowest BCUT2D eigenvalue weighted by Gasteiger charge is -2.31. The highest BCUT2D eigenvalue weighted by Crippen LogP contribution is 2.28. The van der Waals surface area contributed by atoms with Crippen LogP contribution in [0.15, 0.2) is 36.4 Å². The van der Waals surface area contributed by atoms with Crippen LogP contribution in [0.2, 0.25) is 10.0 Å². The van der Waals surface area contributed by atoms with E-state index in [1.165, 1.54) is 19.2 Å². The Labute approximate surface area is 189 Å². The number of amides is 1. The van der Waals surface area contributed by atoms with Crippen LogP contribution in [0.1, 0.15) is 20.7 Å². The van der Waals surface area contributed by atoms with E-state index in [9.17, 15) is 9.59 Å². The average Bonchev–Trinajstić information content (AvgIpc) is 2.73. The number of halogens is 2. The lowest BCUT2D eigenvalue weighted by atomic mass is 10.1. The topological polar surface area (TPSA) is 79.9 Å². The molecule has 2 N–H and O–H groups in total. The zero-order chi connectivity index (χ0) is 21.7. The van der Waals surface area contributed by atoms with E-state index in [1.807, 2.05) is 0 Å². The number of esters is 1. The normalized spacial score (nSPS) is 13.5. The SMILES string of the molecule is COC(=O)c1ccc(N2CCOCC2)c(NC(=S)NC(=O)c2ccc(Cl)cc2Cl)c1. The van der Waals surface area contributed by atoms with E-state index in [0.29, 0.717) is 42.6 Å². The van der Waals surface area contributed by atoms with Crippen molar-refractivity contribution >= 4 is 63.8 Å². The predicted octanol–water partition coefficient (Wildman–Crippen LogP) is 3.74. The van der Waals surface area contributed by atoms with Gasteiger partial charge in [-0.15, -0.1) is 0 Å². The Morgan fingerprint density at radius 2 is 1.87 bits per heavy atom. The number of hydrogen-bond acceptors (Lipinski definition) is 6.